The topological polar surface area (TPSA) is 36.9 Å². The molecule has 0 aliphatic carbocycles. The Morgan fingerprint density at radius 3 is 2.44 bits per heavy atom. The highest BCUT2D eigenvalue weighted by atomic mass is 16.7. The molecule has 1 aliphatic rings. The van der Waals surface area contributed by atoms with Crippen LogP contribution in [0.2, 0.25) is 0 Å². The third-order valence-electron chi connectivity index (χ3n) is 2.84. The largest absolute Gasteiger partial charge is 0.497 e. The van der Waals surface area contributed by atoms with Crippen LogP contribution in [0.3, 0.4) is 0 Å². The van der Waals surface area contributed by atoms with E-state index in [0.717, 1.165) is 17.9 Å². The summed E-state index contributed by atoms with van der Waals surface area (Å²) in [4.78, 5) is 0. The van der Waals surface area contributed by atoms with Gasteiger partial charge in [0.05, 0.1) is 26.4 Å². The highest BCUT2D eigenvalue weighted by Gasteiger charge is 2.32. The summed E-state index contributed by atoms with van der Waals surface area (Å²) in [5, 5.41) is 0. The summed E-state index contributed by atoms with van der Waals surface area (Å²) in [6, 6.07) is 7.56. The fourth-order valence-corrected chi connectivity index (χ4v) is 1.89. The minimum Gasteiger partial charge on any atom is -0.497 e. The molecule has 1 aromatic rings. The van der Waals surface area contributed by atoms with E-state index in [-0.39, 0.29) is 6.10 Å². The maximum absolute atomic E-state index is 5.70. The Morgan fingerprint density at radius 1 is 1.22 bits per heavy atom. The van der Waals surface area contributed by atoms with E-state index >= 15 is 0 Å². The quantitative estimate of drug-likeness (QED) is 0.807. The maximum Gasteiger partial charge on any atom is 0.163 e. The van der Waals surface area contributed by atoms with Crippen molar-refractivity contribution in [1.29, 1.82) is 0 Å². The molecular weight excluding hydrogens is 232 g/mol. The summed E-state index contributed by atoms with van der Waals surface area (Å²) >= 11 is 0. The van der Waals surface area contributed by atoms with Crippen molar-refractivity contribution in [1.82, 2.24) is 0 Å². The van der Waals surface area contributed by atoms with Crippen LogP contribution in [0.15, 0.2) is 24.3 Å². The van der Waals surface area contributed by atoms with Crippen LogP contribution in [-0.4, -0.2) is 32.2 Å². The Kier molecular flexibility index (Phi) is 4.09. The van der Waals surface area contributed by atoms with Gasteiger partial charge < -0.3 is 18.9 Å². The zero-order valence-corrected chi connectivity index (χ0v) is 11.1. The van der Waals surface area contributed by atoms with E-state index < -0.39 is 5.79 Å². The number of rotatable bonds is 5. The monoisotopic (exact) mass is 252 g/mol. The molecule has 1 heterocycles. The molecule has 1 aromatic carbocycles. The molecule has 1 saturated heterocycles. The molecule has 0 spiro atoms. The third-order valence-corrected chi connectivity index (χ3v) is 2.84. The van der Waals surface area contributed by atoms with Gasteiger partial charge in [-0.2, -0.15) is 0 Å². The lowest BCUT2D eigenvalue weighted by atomic mass is 10.3. The first kappa shape index (κ1) is 13.2. The summed E-state index contributed by atoms with van der Waals surface area (Å²) in [5.74, 6) is 1.22. The van der Waals surface area contributed by atoms with Gasteiger partial charge in [0.15, 0.2) is 5.79 Å². The van der Waals surface area contributed by atoms with Crippen molar-refractivity contribution in [2.75, 3.05) is 20.3 Å². The molecule has 1 atom stereocenters. The molecule has 0 N–H and O–H groups in total. The van der Waals surface area contributed by atoms with E-state index in [1.54, 1.807) is 7.11 Å². The molecule has 1 unspecified atom stereocenters. The molecule has 1 aliphatic heterocycles. The minimum atomic E-state index is -0.454. The molecule has 0 amide bonds. The van der Waals surface area contributed by atoms with Crippen LogP contribution in [0.1, 0.15) is 20.3 Å². The lowest BCUT2D eigenvalue weighted by Crippen LogP contribution is -2.22. The van der Waals surface area contributed by atoms with E-state index in [1.165, 1.54) is 0 Å². The van der Waals surface area contributed by atoms with Crippen molar-refractivity contribution in [3.63, 3.8) is 0 Å². The zero-order valence-electron chi connectivity index (χ0n) is 11.1. The number of ether oxygens (including phenoxy) is 4. The lowest BCUT2D eigenvalue weighted by molar-refractivity contribution is -0.139. The van der Waals surface area contributed by atoms with Crippen molar-refractivity contribution >= 4 is 0 Å². The highest BCUT2D eigenvalue weighted by Crippen LogP contribution is 2.24. The first-order valence-electron chi connectivity index (χ1n) is 6.18. The Bertz CT molecular complexity index is 372. The number of hydrogen-bond donors (Lipinski definition) is 0. The van der Waals surface area contributed by atoms with Gasteiger partial charge in [0, 0.05) is 6.42 Å². The predicted molar refractivity (Wildman–Crippen MR) is 68.0 cm³/mol. The van der Waals surface area contributed by atoms with Gasteiger partial charge >= 0.3 is 0 Å². The number of hydrogen-bond acceptors (Lipinski definition) is 4. The SMILES string of the molecule is COc1ccc(OCCC2COC(C)(C)O2)cc1. The minimum absolute atomic E-state index is 0.123. The molecular formula is C14H20O4. The van der Waals surface area contributed by atoms with Crippen LogP contribution in [0, 0.1) is 0 Å². The first-order valence-corrected chi connectivity index (χ1v) is 6.18. The van der Waals surface area contributed by atoms with Crippen LogP contribution < -0.4 is 9.47 Å². The maximum atomic E-state index is 5.70. The molecule has 4 heteroatoms. The highest BCUT2D eigenvalue weighted by molar-refractivity contribution is 5.31. The van der Waals surface area contributed by atoms with Gasteiger partial charge in [0.25, 0.3) is 0 Å². The Morgan fingerprint density at radius 2 is 1.89 bits per heavy atom. The first-order chi connectivity index (χ1) is 8.59. The molecule has 0 radical (unpaired) electrons. The van der Waals surface area contributed by atoms with Gasteiger partial charge in [0.1, 0.15) is 11.5 Å². The van der Waals surface area contributed by atoms with E-state index in [4.69, 9.17) is 18.9 Å². The van der Waals surface area contributed by atoms with Crippen LogP contribution in [-0.2, 0) is 9.47 Å². The average molecular weight is 252 g/mol. The van der Waals surface area contributed by atoms with Crippen LogP contribution in [0.5, 0.6) is 11.5 Å². The Balaban J connectivity index is 1.72. The standard InChI is InChI=1S/C14H20O4/c1-14(2)17-10-13(18-14)8-9-16-12-6-4-11(15-3)5-7-12/h4-7,13H,8-10H2,1-3H3. The van der Waals surface area contributed by atoms with Gasteiger partial charge in [-0.1, -0.05) is 0 Å². The molecule has 0 saturated carbocycles. The van der Waals surface area contributed by atoms with E-state index in [1.807, 2.05) is 38.1 Å². The van der Waals surface area contributed by atoms with Crippen LogP contribution in [0.4, 0.5) is 0 Å². The lowest BCUT2D eigenvalue weighted by Gasteiger charge is -2.17. The van der Waals surface area contributed by atoms with Crippen molar-refractivity contribution in [2.45, 2.75) is 32.2 Å². The van der Waals surface area contributed by atoms with E-state index in [9.17, 15) is 0 Å². The Labute approximate surface area is 108 Å². The summed E-state index contributed by atoms with van der Waals surface area (Å²) in [6.07, 6.45) is 0.952. The number of benzene rings is 1. The molecule has 18 heavy (non-hydrogen) atoms. The van der Waals surface area contributed by atoms with E-state index in [2.05, 4.69) is 0 Å². The van der Waals surface area contributed by atoms with Crippen LogP contribution >= 0.6 is 0 Å². The summed E-state index contributed by atoms with van der Waals surface area (Å²) in [7, 11) is 1.65. The van der Waals surface area contributed by atoms with Gasteiger partial charge in [-0.15, -0.1) is 0 Å². The van der Waals surface area contributed by atoms with Gasteiger partial charge in [-0.05, 0) is 38.1 Å². The molecule has 0 aromatic heterocycles. The molecule has 100 valence electrons. The van der Waals surface area contributed by atoms with Crippen molar-refractivity contribution in [3.8, 4) is 11.5 Å². The predicted octanol–water partition coefficient (Wildman–Crippen LogP) is 2.62. The van der Waals surface area contributed by atoms with Crippen molar-refractivity contribution < 1.29 is 18.9 Å². The molecule has 1 fully saturated rings. The van der Waals surface area contributed by atoms with Crippen molar-refractivity contribution in [2.24, 2.45) is 0 Å². The van der Waals surface area contributed by atoms with E-state index in [0.29, 0.717) is 13.2 Å². The third kappa shape index (κ3) is 3.62. The fraction of sp³-hybridized carbons (Fsp3) is 0.571. The smallest absolute Gasteiger partial charge is 0.163 e. The Hall–Kier alpha value is -1.26. The average Bonchev–Trinajstić information content (AvgIpc) is 2.70. The molecule has 4 nitrogen and oxygen atoms in total. The van der Waals surface area contributed by atoms with Gasteiger partial charge in [-0.25, -0.2) is 0 Å². The summed E-state index contributed by atoms with van der Waals surface area (Å²) < 4.78 is 21.9. The zero-order chi connectivity index (χ0) is 13.0. The second-order valence-electron chi connectivity index (χ2n) is 4.76. The van der Waals surface area contributed by atoms with Crippen LogP contribution in [0.25, 0.3) is 0 Å². The van der Waals surface area contributed by atoms with Gasteiger partial charge in [-0.3, -0.25) is 0 Å². The summed E-state index contributed by atoms with van der Waals surface area (Å²) in [5.41, 5.74) is 0. The fourth-order valence-electron chi connectivity index (χ4n) is 1.89. The molecule has 2 rings (SSSR count). The van der Waals surface area contributed by atoms with Gasteiger partial charge in [0.2, 0.25) is 0 Å². The number of methoxy groups -OCH3 is 1. The second-order valence-corrected chi connectivity index (χ2v) is 4.76. The second kappa shape index (κ2) is 5.59. The normalized spacial score (nSPS) is 21.8. The van der Waals surface area contributed by atoms with Crippen molar-refractivity contribution in [3.05, 3.63) is 24.3 Å². The summed E-state index contributed by atoms with van der Waals surface area (Å²) in [6.45, 7) is 5.12. The molecule has 0 bridgehead atoms.